The van der Waals surface area contributed by atoms with Crippen molar-refractivity contribution in [3.63, 3.8) is 0 Å². The fourth-order valence-corrected chi connectivity index (χ4v) is 3.93. The molecular formula is C22H27N3O2. The van der Waals surface area contributed by atoms with Crippen LogP contribution in [-0.4, -0.2) is 54.2 Å². The highest BCUT2D eigenvalue weighted by molar-refractivity contribution is 6.42. The van der Waals surface area contributed by atoms with Gasteiger partial charge in [-0.3, -0.25) is 9.69 Å². The van der Waals surface area contributed by atoms with Gasteiger partial charge in [0.05, 0.1) is 24.6 Å². The highest BCUT2D eigenvalue weighted by atomic mass is 16.5. The maximum atomic E-state index is 12.6. The van der Waals surface area contributed by atoms with Crippen LogP contribution in [0.2, 0.25) is 0 Å². The molecule has 0 unspecified atom stereocenters. The molecule has 5 nitrogen and oxygen atoms in total. The smallest absolute Gasteiger partial charge is 0.177 e. The van der Waals surface area contributed by atoms with Crippen LogP contribution >= 0.6 is 0 Å². The quantitative estimate of drug-likeness (QED) is 0.848. The Bertz CT molecular complexity index is 917. The van der Waals surface area contributed by atoms with E-state index in [0.717, 1.165) is 67.5 Å². The lowest BCUT2D eigenvalue weighted by atomic mass is 10.0. The minimum Gasteiger partial charge on any atom is -0.379 e. The van der Waals surface area contributed by atoms with Crippen LogP contribution in [0, 0.1) is 6.92 Å². The van der Waals surface area contributed by atoms with Crippen molar-refractivity contribution in [2.24, 2.45) is 4.99 Å². The van der Waals surface area contributed by atoms with E-state index in [0.29, 0.717) is 12.8 Å². The number of Topliss-reactive ketones (excluding diaryl/α,β-unsaturated/α-hetero) is 1. The van der Waals surface area contributed by atoms with Gasteiger partial charge in [-0.2, -0.15) is 0 Å². The Morgan fingerprint density at radius 1 is 1.22 bits per heavy atom. The molecule has 0 amide bonds. The maximum absolute atomic E-state index is 12.6. The third-order valence-corrected chi connectivity index (χ3v) is 5.42. The third-order valence-electron chi connectivity index (χ3n) is 5.42. The fourth-order valence-electron chi connectivity index (χ4n) is 3.93. The summed E-state index contributed by atoms with van der Waals surface area (Å²) in [6.07, 6.45) is 2.14. The van der Waals surface area contributed by atoms with Crippen molar-refractivity contribution in [2.75, 3.05) is 32.8 Å². The van der Waals surface area contributed by atoms with E-state index in [2.05, 4.69) is 48.0 Å². The number of carbonyl (C=O) groups is 1. The molecule has 1 saturated heterocycles. The Hall–Kier alpha value is -2.24. The SMILES string of the molecule is CC1=C(c2ccc3[nH]c(C)cc3c2)N=C(C(=O)CCCN2CCOCC2)C1. The van der Waals surface area contributed by atoms with Crippen molar-refractivity contribution in [1.29, 1.82) is 0 Å². The molecule has 0 radical (unpaired) electrons. The number of H-pyrrole nitrogens is 1. The monoisotopic (exact) mass is 365 g/mol. The number of nitrogens with zero attached hydrogens (tertiary/aromatic N) is 2. The normalized spacial score (nSPS) is 18.4. The van der Waals surface area contributed by atoms with E-state index in [1.165, 1.54) is 11.0 Å². The van der Waals surface area contributed by atoms with Gasteiger partial charge in [0.2, 0.25) is 0 Å². The minimum absolute atomic E-state index is 0.191. The molecule has 2 aliphatic heterocycles. The molecule has 2 aliphatic rings. The molecule has 142 valence electrons. The average molecular weight is 365 g/mol. The number of morpholine rings is 1. The van der Waals surface area contributed by atoms with Gasteiger partial charge >= 0.3 is 0 Å². The summed E-state index contributed by atoms with van der Waals surface area (Å²) in [5, 5.41) is 1.19. The molecule has 0 aliphatic carbocycles. The maximum Gasteiger partial charge on any atom is 0.177 e. The second-order valence-corrected chi connectivity index (χ2v) is 7.60. The number of rotatable bonds is 6. The zero-order chi connectivity index (χ0) is 18.8. The first-order valence-electron chi connectivity index (χ1n) is 9.80. The van der Waals surface area contributed by atoms with Crippen molar-refractivity contribution in [3.05, 3.63) is 41.1 Å². The molecule has 1 aromatic carbocycles. The molecule has 3 heterocycles. The van der Waals surface area contributed by atoms with Gasteiger partial charge < -0.3 is 9.72 Å². The molecule has 2 aromatic rings. The predicted octanol–water partition coefficient (Wildman–Crippen LogP) is 3.73. The van der Waals surface area contributed by atoms with Crippen LogP contribution < -0.4 is 0 Å². The lowest BCUT2D eigenvalue weighted by molar-refractivity contribution is -0.113. The third kappa shape index (κ3) is 4.04. The summed E-state index contributed by atoms with van der Waals surface area (Å²) in [4.78, 5) is 23.1. The predicted molar refractivity (Wildman–Crippen MR) is 109 cm³/mol. The first kappa shape index (κ1) is 18.1. The summed E-state index contributed by atoms with van der Waals surface area (Å²) < 4.78 is 5.37. The van der Waals surface area contributed by atoms with Crippen molar-refractivity contribution in [3.8, 4) is 0 Å². The molecule has 1 N–H and O–H groups in total. The van der Waals surface area contributed by atoms with Gasteiger partial charge in [-0.1, -0.05) is 6.07 Å². The van der Waals surface area contributed by atoms with Crippen LogP contribution in [0.1, 0.15) is 37.4 Å². The van der Waals surface area contributed by atoms with E-state index in [4.69, 9.17) is 9.73 Å². The van der Waals surface area contributed by atoms with Gasteiger partial charge in [0.25, 0.3) is 0 Å². The van der Waals surface area contributed by atoms with E-state index in [-0.39, 0.29) is 5.78 Å². The fraction of sp³-hybridized carbons (Fsp3) is 0.455. The molecule has 0 atom stereocenters. The molecule has 4 rings (SSSR count). The number of aryl methyl sites for hydroxylation is 1. The number of benzene rings is 1. The molecule has 0 spiro atoms. The van der Waals surface area contributed by atoms with Crippen LogP contribution in [0.15, 0.2) is 34.8 Å². The summed E-state index contributed by atoms with van der Waals surface area (Å²) in [6, 6.07) is 8.49. The summed E-state index contributed by atoms with van der Waals surface area (Å²) in [7, 11) is 0. The second kappa shape index (κ2) is 7.79. The van der Waals surface area contributed by atoms with Crippen LogP contribution in [0.5, 0.6) is 0 Å². The zero-order valence-electron chi connectivity index (χ0n) is 16.2. The van der Waals surface area contributed by atoms with E-state index < -0.39 is 0 Å². The van der Waals surface area contributed by atoms with Crippen molar-refractivity contribution in [2.45, 2.75) is 33.1 Å². The number of hydrogen-bond acceptors (Lipinski definition) is 4. The summed E-state index contributed by atoms with van der Waals surface area (Å²) in [5.41, 5.74) is 6.24. The van der Waals surface area contributed by atoms with Crippen LogP contribution in [0.3, 0.4) is 0 Å². The Kier molecular flexibility index (Phi) is 5.23. The first-order valence-corrected chi connectivity index (χ1v) is 9.80. The Balaban J connectivity index is 1.40. The van der Waals surface area contributed by atoms with Crippen LogP contribution in [0.4, 0.5) is 0 Å². The largest absolute Gasteiger partial charge is 0.379 e. The Morgan fingerprint density at radius 2 is 2.04 bits per heavy atom. The van der Waals surface area contributed by atoms with E-state index in [1.54, 1.807) is 0 Å². The lowest BCUT2D eigenvalue weighted by Crippen LogP contribution is -2.37. The van der Waals surface area contributed by atoms with Gasteiger partial charge in [0.1, 0.15) is 0 Å². The van der Waals surface area contributed by atoms with Gasteiger partial charge in [0.15, 0.2) is 5.78 Å². The molecule has 27 heavy (non-hydrogen) atoms. The average Bonchev–Trinajstić information content (AvgIpc) is 3.23. The topological polar surface area (TPSA) is 57.7 Å². The number of aromatic amines is 1. The van der Waals surface area contributed by atoms with E-state index >= 15 is 0 Å². The molecule has 1 aromatic heterocycles. The number of aliphatic imine (C=N–C) groups is 1. The van der Waals surface area contributed by atoms with E-state index in [9.17, 15) is 4.79 Å². The minimum atomic E-state index is 0.191. The number of nitrogens with one attached hydrogen (secondary N) is 1. The lowest BCUT2D eigenvalue weighted by Gasteiger charge is -2.26. The number of carbonyl (C=O) groups excluding carboxylic acids is 1. The number of ether oxygens (including phenoxy) is 1. The Morgan fingerprint density at radius 3 is 2.85 bits per heavy atom. The Labute approximate surface area is 160 Å². The molecule has 1 fully saturated rings. The number of fused-ring (bicyclic) bond motifs is 1. The highest BCUT2D eigenvalue weighted by Gasteiger charge is 2.22. The molecule has 5 heteroatoms. The zero-order valence-corrected chi connectivity index (χ0v) is 16.2. The second-order valence-electron chi connectivity index (χ2n) is 7.60. The van der Waals surface area contributed by atoms with Crippen LogP contribution in [-0.2, 0) is 9.53 Å². The number of hydrogen-bond donors (Lipinski definition) is 1. The van der Waals surface area contributed by atoms with Crippen molar-refractivity contribution in [1.82, 2.24) is 9.88 Å². The van der Waals surface area contributed by atoms with Crippen LogP contribution in [0.25, 0.3) is 16.6 Å². The standard InChI is InChI=1S/C22H27N3O2/c1-15-12-20(21(26)4-3-7-25-8-10-27-11-9-25)24-22(15)17-5-6-19-18(14-17)13-16(2)23-19/h5-6,13-14,23H,3-4,7-12H2,1-2H3. The van der Waals surface area contributed by atoms with Gasteiger partial charge in [-0.25, -0.2) is 4.99 Å². The molecule has 0 bridgehead atoms. The summed E-state index contributed by atoms with van der Waals surface area (Å²) in [5.74, 6) is 0.191. The number of allylic oxidation sites excluding steroid dienone is 1. The van der Waals surface area contributed by atoms with Gasteiger partial charge in [-0.15, -0.1) is 0 Å². The number of ketones is 1. The molecule has 0 saturated carbocycles. The van der Waals surface area contributed by atoms with Crippen molar-refractivity contribution < 1.29 is 9.53 Å². The highest BCUT2D eigenvalue weighted by Crippen LogP contribution is 2.31. The van der Waals surface area contributed by atoms with Gasteiger partial charge in [0, 0.05) is 48.1 Å². The summed E-state index contributed by atoms with van der Waals surface area (Å²) >= 11 is 0. The molecular weight excluding hydrogens is 338 g/mol. The summed E-state index contributed by atoms with van der Waals surface area (Å²) in [6.45, 7) is 8.66. The van der Waals surface area contributed by atoms with Gasteiger partial charge in [-0.05, 0) is 50.6 Å². The van der Waals surface area contributed by atoms with E-state index in [1.807, 2.05) is 0 Å². The number of aromatic nitrogens is 1. The first-order chi connectivity index (χ1) is 13.1. The van der Waals surface area contributed by atoms with Crippen molar-refractivity contribution >= 4 is 28.1 Å².